The van der Waals surface area contributed by atoms with Crippen LogP contribution in [0.15, 0.2) is 28.2 Å². The number of carbonyl (C=O) groups is 1. The van der Waals surface area contributed by atoms with Gasteiger partial charge in [0.1, 0.15) is 5.69 Å². The molecule has 0 radical (unpaired) electrons. The molecule has 4 rings (SSSR count). The van der Waals surface area contributed by atoms with Crippen LogP contribution in [0.2, 0.25) is 0 Å². The van der Waals surface area contributed by atoms with Gasteiger partial charge in [-0.05, 0) is 26.0 Å². The van der Waals surface area contributed by atoms with Crippen LogP contribution < -0.4 is 5.32 Å². The van der Waals surface area contributed by atoms with Gasteiger partial charge in [-0.2, -0.15) is 4.98 Å². The zero-order chi connectivity index (χ0) is 17.4. The summed E-state index contributed by atoms with van der Waals surface area (Å²) in [6.07, 6.45) is 1.80. The zero-order valence-corrected chi connectivity index (χ0v) is 14.2. The molecule has 0 unspecified atom stereocenters. The fraction of sp³-hybridized carbons (Fsp3) is 0.200. The lowest BCUT2D eigenvalue weighted by molar-refractivity contribution is 0.0945. The first kappa shape index (κ1) is 15.4. The highest BCUT2D eigenvalue weighted by Gasteiger charge is 2.13. The molecule has 1 N–H and O–H groups in total. The van der Waals surface area contributed by atoms with E-state index in [0.717, 1.165) is 10.6 Å². The minimum absolute atomic E-state index is 0.237. The molecule has 0 aliphatic carbocycles. The Kier molecular flexibility index (Phi) is 3.73. The van der Waals surface area contributed by atoms with Crippen molar-refractivity contribution in [2.75, 3.05) is 0 Å². The molecule has 0 atom stereocenters. The highest BCUT2D eigenvalue weighted by atomic mass is 32.1. The second kappa shape index (κ2) is 6.06. The molecular weight excluding hydrogens is 342 g/mol. The second-order valence-electron chi connectivity index (χ2n) is 5.34. The molecule has 0 aliphatic rings. The second-order valence-corrected chi connectivity index (χ2v) is 6.40. The van der Waals surface area contributed by atoms with Gasteiger partial charge in [0.25, 0.3) is 11.8 Å². The van der Waals surface area contributed by atoms with E-state index in [9.17, 15) is 4.79 Å². The molecule has 0 spiro atoms. The Hall–Kier alpha value is -3.14. The summed E-state index contributed by atoms with van der Waals surface area (Å²) in [4.78, 5) is 20.4. The Morgan fingerprint density at radius 1 is 1.32 bits per heavy atom. The Balaban J connectivity index is 1.54. The average Bonchev–Trinajstić information content (AvgIpc) is 3.32. The topological polar surface area (TPSA) is 111 Å². The highest BCUT2D eigenvalue weighted by molar-refractivity contribution is 7.09. The Morgan fingerprint density at radius 3 is 2.92 bits per heavy atom. The molecule has 1 amide bonds. The highest BCUT2D eigenvalue weighted by Crippen LogP contribution is 2.18. The lowest BCUT2D eigenvalue weighted by atomic mass is 10.2. The van der Waals surface area contributed by atoms with Crippen molar-refractivity contribution in [3.8, 4) is 11.5 Å². The number of hydrogen-bond donors (Lipinski definition) is 1. The lowest BCUT2D eigenvalue weighted by Gasteiger charge is -2.02. The smallest absolute Gasteiger partial charge is 0.271 e. The number of rotatable bonds is 4. The third-order valence-electron chi connectivity index (χ3n) is 3.51. The predicted octanol–water partition coefficient (Wildman–Crippen LogP) is 1.78. The van der Waals surface area contributed by atoms with Gasteiger partial charge in [-0.15, -0.1) is 21.5 Å². The maximum atomic E-state index is 12.1. The number of fused-ring (bicyclic) bond motifs is 1. The number of carbonyl (C=O) groups excluding carboxylic acids is 1. The van der Waals surface area contributed by atoms with Crippen molar-refractivity contribution in [3.05, 3.63) is 46.1 Å². The summed E-state index contributed by atoms with van der Waals surface area (Å²) in [5.74, 6) is 1.37. The van der Waals surface area contributed by atoms with Gasteiger partial charge in [-0.25, -0.2) is 4.98 Å². The van der Waals surface area contributed by atoms with Crippen molar-refractivity contribution >= 4 is 22.9 Å². The molecule has 25 heavy (non-hydrogen) atoms. The molecule has 4 aromatic rings. The molecule has 0 saturated heterocycles. The van der Waals surface area contributed by atoms with Gasteiger partial charge in [0.05, 0.1) is 11.6 Å². The van der Waals surface area contributed by atoms with Crippen LogP contribution in [0.4, 0.5) is 0 Å². The lowest BCUT2D eigenvalue weighted by Crippen LogP contribution is -2.24. The number of hydrogen-bond acceptors (Lipinski definition) is 8. The number of aromatic nitrogens is 6. The van der Waals surface area contributed by atoms with Crippen LogP contribution in [-0.4, -0.2) is 35.6 Å². The number of amides is 1. The van der Waals surface area contributed by atoms with E-state index < -0.39 is 0 Å². The number of thiazole rings is 1. The van der Waals surface area contributed by atoms with Gasteiger partial charge >= 0.3 is 0 Å². The summed E-state index contributed by atoms with van der Waals surface area (Å²) in [5, 5.41) is 17.4. The summed E-state index contributed by atoms with van der Waals surface area (Å²) < 4.78 is 6.95. The maximum Gasteiger partial charge on any atom is 0.271 e. The first-order chi connectivity index (χ1) is 12.1. The quantitative estimate of drug-likeness (QED) is 0.594. The van der Waals surface area contributed by atoms with Gasteiger partial charge in [0, 0.05) is 17.1 Å². The van der Waals surface area contributed by atoms with E-state index in [2.05, 4.69) is 30.6 Å². The molecule has 10 heteroatoms. The predicted molar refractivity (Wildman–Crippen MR) is 89.0 cm³/mol. The van der Waals surface area contributed by atoms with Crippen molar-refractivity contribution < 1.29 is 9.32 Å². The Morgan fingerprint density at radius 2 is 2.20 bits per heavy atom. The van der Waals surface area contributed by atoms with Crippen LogP contribution in [0.3, 0.4) is 0 Å². The van der Waals surface area contributed by atoms with E-state index >= 15 is 0 Å². The minimum Gasteiger partial charge on any atom is -0.343 e. The fourth-order valence-corrected chi connectivity index (χ4v) is 2.92. The van der Waals surface area contributed by atoms with Gasteiger partial charge in [0.2, 0.25) is 0 Å². The molecule has 126 valence electrons. The molecule has 0 bridgehead atoms. The fourth-order valence-electron chi connectivity index (χ4n) is 2.33. The van der Waals surface area contributed by atoms with Crippen LogP contribution in [0.1, 0.15) is 27.1 Å². The number of nitrogens with one attached hydrogen (secondary N) is 1. The molecule has 0 saturated carbocycles. The number of nitrogens with zero attached hydrogens (tertiary/aromatic N) is 6. The maximum absolute atomic E-state index is 12.1. The summed E-state index contributed by atoms with van der Waals surface area (Å²) in [5.41, 5.74) is 1.79. The summed E-state index contributed by atoms with van der Waals surface area (Å²) in [6.45, 7) is 3.86. The normalized spacial score (nSPS) is 11.1. The molecule has 0 fully saturated rings. The van der Waals surface area contributed by atoms with E-state index in [1.807, 2.05) is 13.0 Å². The first-order valence-corrected chi connectivity index (χ1v) is 8.33. The van der Waals surface area contributed by atoms with Crippen molar-refractivity contribution in [3.63, 3.8) is 0 Å². The van der Waals surface area contributed by atoms with Gasteiger partial charge < -0.3 is 9.84 Å². The number of aryl methyl sites for hydroxylation is 2. The van der Waals surface area contributed by atoms with E-state index in [-0.39, 0.29) is 12.5 Å². The Bertz CT molecular complexity index is 1060. The van der Waals surface area contributed by atoms with Crippen molar-refractivity contribution in [2.45, 2.75) is 20.4 Å². The van der Waals surface area contributed by atoms with Crippen LogP contribution in [0, 0.1) is 13.8 Å². The molecule has 0 aliphatic heterocycles. The van der Waals surface area contributed by atoms with E-state index in [4.69, 9.17) is 4.52 Å². The summed E-state index contributed by atoms with van der Waals surface area (Å²) in [7, 11) is 0. The zero-order valence-electron chi connectivity index (χ0n) is 13.4. The average molecular weight is 355 g/mol. The largest absolute Gasteiger partial charge is 0.343 e. The minimum atomic E-state index is -0.237. The van der Waals surface area contributed by atoms with Crippen LogP contribution in [0.5, 0.6) is 0 Å². The van der Waals surface area contributed by atoms with E-state index in [1.54, 1.807) is 29.0 Å². The van der Waals surface area contributed by atoms with Crippen molar-refractivity contribution in [1.29, 1.82) is 0 Å². The Labute approximate surface area is 145 Å². The van der Waals surface area contributed by atoms with Crippen LogP contribution in [-0.2, 0) is 6.54 Å². The van der Waals surface area contributed by atoms with Gasteiger partial charge in [0.15, 0.2) is 17.3 Å². The molecule has 9 nitrogen and oxygen atoms in total. The van der Waals surface area contributed by atoms with Gasteiger partial charge in [-0.3, -0.25) is 9.20 Å². The monoisotopic (exact) mass is 355 g/mol. The van der Waals surface area contributed by atoms with E-state index in [0.29, 0.717) is 28.9 Å². The van der Waals surface area contributed by atoms with Gasteiger partial charge in [-0.1, -0.05) is 5.16 Å². The van der Waals surface area contributed by atoms with Crippen LogP contribution >= 0.6 is 11.3 Å². The molecular formula is C15H13N7O2S. The summed E-state index contributed by atoms with van der Waals surface area (Å²) >= 11 is 1.43. The summed E-state index contributed by atoms with van der Waals surface area (Å²) in [6, 6.07) is 3.63. The van der Waals surface area contributed by atoms with Crippen molar-refractivity contribution in [1.82, 2.24) is 35.0 Å². The molecule has 0 aromatic carbocycles. The van der Waals surface area contributed by atoms with Crippen molar-refractivity contribution in [2.24, 2.45) is 0 Å². The van der Waals surface area contributed by atoms with Crippen LogP contribution in [0.25, 0.3) is 17.1 Å². The number of pyridine rings is 1. The SMILES string of the molecule is Cc1noc(-c2ccn3c(CNC(=O)c4csc(C)n4)nnc3c2)n1. The molecule has 4 aromatic heterocycles. The molecule has 4 heterocycles. The first-order valence-electron chi connectivity index (χ1n) is 7.45. The third kappa shape index (κ3) is 2.98. The standard InChI is InChI=1S/C15H13N7O2S/c1-8-17-15(24-21-8)10-3-4-22-12(5-10)19-20-13(22)6-16-14(23)11-7-25-9(2)18-11/h3-5,7H,6H2,1-2H3,(H,16,23). The van der Waals surface area contributed by atoms with E-state index in [1.165, 1.54) is 11.3 Å². The third-order valence-corrected chi connectivity index (χ3v) is 4.29.